The van der Waals surface area contributed by atoms with Crippen molar-refractivity contribution in [2.24, 2.45) is 0 Å². The van der Waals surface area contributed by atoms with Crippen molar-refractivity contribution in [1.82, 2.24) is 14.3 Å². The fraction of sp³-hybridized carbons (Fsp3) is 0.444. The van der Waals surface area contributed by atoms with Crippen molar-refractivity contribution >= 4 is 16.0 Å². The molecule has 4 rings (SSSR count). The molecule has 0 saturated carbocycles. The number of sulfonamides is 1. The molecule has 0 unspecified atom stereocenters. The Morgan fingerprint density at radius 3 is 2.63 bits per heavy atom. The monoisotopic (exact) mass is 392 g/mol. The number of rotatable bonds is 2. The summed E-state index contributed by atoms with van der Waals surface area (Å²) in [4.78, 5) is 10.3. The fourth-order valence-electron chi connectivity index (χ4n) is 3.83. The Bertz CT molecular complexity index is 922. The van der Waals surface area contributed by atoms with Gasteiger partial charge < -0.3 is 9.64 Å². The smallest absolute Gasteiger partial charge is 0.247 e. The van der Waals surface area contributed by atoms with Gasteiger partial charge in [-0.05, 0) is 18.6 Å². The Labute approximate surface area is 157 Å². The third kappa shape index (κ3) is 3.25. The van der Waals surface area contributed by atoms with Gasteiger partial charge in [0, 0.05) is 26.1 Å². The molecule has 7 nitrogen and oxygen atoms in total. The largest absolute Gasteiger partial charge is 0.487 e. The lowest BCUT2D eigenvalue weighted by Crippen LogP contribution is -2.46. The van der Waals surface area contributed by atoms with Crippen LogP contribution >= 0.6 is 0 Å². The predicted octanol–water partition coefficient (Wildman–Crippen LogP) is 2.06. The maximum atomic E-state index is 13.2. The Balaban J connectivity index is 1.67. The van der Waals surface area contributed by atoms with Crippen LogP contribution in [0.3, 0.4) is 0 Å². The molecule has 0 N–H and O–H groups in total. The van der Waals surface area contributed by atoms with Crippen LogP contribution in [0.1, 0.15) is 19.8 Å². The van der Waals surface area contributed by atoms with E-state index in [2.05, 4.69) is 9.97 Å². The van der Waals surface area contributed by atoms with E-state index in [1.54, 1.807) is 28.6 Å². The number of ether oxygens (including phenoxy) is 1. The van der Waals surface area contributed by atoms with Gasteiger partial charge in [-0.25, -0.2) is 22.8 Å². The van der Waals surface area contributed by atoms with Crippen molar-refractivity contribution in [1.29, 1.82) is 0 Å². The highest BCUT2D eigenvalue weighted by molar-refractivity contribution is 7.89. The highest BCUT2D eigenvalue weighted by Crippen LogP contribution is 2.36. The van der Waals surface area contributed by atoms with E-state index in [9.17, 15) is 12.8 Å². The number of benzene rings is 1. The van der Waals surface area contributed by atoms with Gasteiger partial charge in [0.25, 0.3) is 0 Å². The highest BCUT2D eigenvalue weighted by Gasteiger charge is 2.42. The molecule has 0 aliphatic carbocycles. The summed E-state index contributed by atoms with van der Waals surface area (Å²) in [6.45, 7) is 3.38. The van der Waals surface area contributed by atoms with Crippen LogP contribution in [0.15, 0.2) is 41.6 Å². The Morgan fingerprint density at radius 2 is 1.89 bits per heavy atom. The minimum atomic E-state index is -3.63. The number of para-hydroxylation sites is 1. The van der Waals surface area contributed by atoms with Gasteiger partial charge in [-0.2, -0.15) is 4.31 Å². The Kier molecular flexibility index (Phi) is 4.73. The lowest BCUT2D eigenvalue weighted by Gasteiger charge is -2.30. The van der Waals surface area contributed by atoms with E-state index in [1.807, 2.05) is 11.8 Å². The summed E-state index contributed by atoms with van der Waals surface area (Å²) >= 11 is 0. The minimum absolute atomic E-state index is 0.221. The van der Waals surface area contributed by atoms with E-state index in [0.717, 1.165) is 12.4 Å². The molecule has 0 spiro atoms. The first-order valence-corrected chi connectivity index (χ1v) is 10.4. The van der Waals surface area contributed by atoms with Gasteiger partial charge in [-0.3, -0.25) is 0 Å². The van der Waals surface area contributed by atoms with Gasteiger partial charge in [0.15, 0.2) is 5.82 Å². The molecular weight excluding hydrogens is 371 g/mol. The summed E-state index contributed by atoms with van der Waals surface area (Å²) in [5.74, 6) is 0.357. The van der Waals surface area contributed by atoms with E-state index in [0.29, 0.717) is 44.2 Å². The average Bonchev–Trinajstić information content (AvgIpc) is 2.90. The van der Waals surface area contributed by atoms with Crippen LogP contribution in [0.25, 0.3) is 0 Å². The van der Waals surface area contributed by atoms with Crippen LogP contribution in [0.2, 0.25) is 0 Å². The van der Waals surface area contributed by atoms with Gasteiger partial charge in [0.05, 0.1) is 18.4 Å². The first-order valence-electron chi connectivity index (χ1n) is 9.00. The standard InChI is InChI=1S/C18H21FN4O3S/c1-2-23-14-7-9-22(18-20-11-13(19)12-21-18)10-8-15(14)26-16-5-3-4-6-17(16)27(23,24)25/h3-6,11-12,14-15H,2,7-10H2,1H3/t14-,15-/m0/s1. The van der Waals surface area contributed by atoms with Crippen molar-refractivity contribution in [2.45, 2.75) is 36.8 Å². The summed E-state index contributed by atoms with van der Waals surface area (Å²) in [5, 5.41) is 0. The molecule has 0 radical (unpaired) electrons. The van der Waals surface area contributed by atoms with Crippen LogP contribution in [-0.2, 0) is 10.0 Å². The number of aromatic nitrogens is 2. The van der Waals surface area contributed by atoms with E-state index in [-0.39, 0.29) is 17.0 Å². The molecule has 2 aromatic rings. The molecule has 2 aliphatic heterocycles. The number of hydrogen-bond donors (Lipinski definition) is 0. The Morgan fingerprint density at radius 1 is 1.19 bits per heavy atom. The summed E-state index contributed by atoms with van der Waals surface area (Å²) < 4.78 is 47.2. The molecule has 1 aromatic heterocycles. The van der Waals surface area contributed by atoms with Crippen molar-refractivity contribution in [3.8, 4) is 5.75 Å². The molecule has 27 heavy (non-hydrogen) atoms. The highest BCUT2D eigenvalue weighted by atomic mass is 32.2. The predicted molar refractivity (Wildman–Crippen MR) is 97.6 cm³/mol. The van der Waals surface area contributed by atoms with Crippen LogP contribution < -0.4 is 9.64 Å². The SMILES string of the molecule is CCN1[C@H]2CCN(c3ncc(F)cn3)CC[C@@H]2Oc2ccccc2S1(=O)=O. The number of hydrogen-bond acceptors (Lipinski definition) is 6. The van der Waals surface area contributed by atoms with E-state index in [1.165, 1.54) is 0 Å². The number of fused-ring (bicyclic) bond motifs is 2. The molecule has 9 heteroatoms. The zero-order valence-electron chi connectivity index (χ0n) is 15.0. The summed E-state index contributed by atoms with van der Waals surface area (Å²) in [5.41, 5.74) is 0. The third-order valence-electron chi connectivity index (χ3n) is 5.09. The molecule has 2 aliphatic rings. The maximum absolute atomic E-state index is 13.2. The van der Waals surface area contributed by atoms with Crippen molar-refractivity contribution in [3.05, 3.63) is 42.5 Å². The summed E-state index contributed by atoms with van der Waals surface area (Å²) in [6.07, 6.45) is 3.20. The van der Waals surface area contributed by atoms with Crippen molar-refractivity contribution < 1.29 is 17.5 Å². The van der Waals surface area contributed by atoms with E-state index in [4.69, 9.17) is 4.74 Å². The van der Waals surface area contributed by atoms with Crippen LogP contribution in [0.5, 0.6) is 5.75 Å². The van der Waals surface area contributed by atoms with E-state index >= 15 is 0 Å². The van der Waals surface area contributed by atoms with Crippen LogP contribution in [0, 0.1) is 5.82 Å². The van der Waals surface area contributed by atoms with Crippen LogP contribution in [0.4, 0.5) is 10.3 Å². The first kappa shape index (κ1) is 18.1. The molecule has 0 amide bonds. The topological polar surface area (TPSA) is 75.6 Å². The summed E-state index contributed by atoms with van der Waals surface area (Å²) in [7, 11) is -3.63. The van der Waals surface area contributed by atoms with Crippen LogP contribution in [-0.4, -0.2) is 54.5 Å². The normalized spacial score (nSPS) is 24.9. The lowest BCUT2D eigenvalue weighted by atomic mass is 10.1. The fourth-order valence-corrected chi connectivity index (χ4v) is 5.64. The zero-order chi connectivity index (χ0) is 19.0. The van der Waals surface area contributed by atoms with Gasteiger partial charge in [0.1, 0.15) is 16.7 Å². The quantitative estimate of drug-likeness (QED) is 0.779. The third-order valence-corrected chi connectivity index (χ3v) is 7.13. The Hall–Kier alpha value is -2.26. The van der Waals surface area contributed by atoms with Gasteiger partial charge >= 0.3 is 0 Å². The number of nitrogens with zero attached hydrogens (tertiary/aromatic N) is 4. The second-order valence-corrected chi connectivity index (χ2v) is 8.50. The average molecular weight is 392 g/mol. The summed E-state index contributed by atoms with van der Waals surface area (Å²) in [6, 6.07) is 6.51. The molecule has 3 heterocycles. The molecule has 1 fully saturated rings. The van der Waals surface area contributed by atoms with Gasteiger partial charge in [0.2, 0.25) is 16.0 Å². The van der Waals surface area contributed by atoms with E-state index < -0.39 is 15.8 Å². The minimum Gasteiger partial charge on any atom is -0.487 e. The second kappa shape index (κ2) is 7.05. The zero-order valence-corrected chi connectivity index (χ0v) is 15.8. The molecule has 1 aromatic carbocycles. The molecule has 2 atom stereocenters. The first-order chi connectivity index (χ1) is 13.0. The lowest BCUT2D eigenvalue weighted by molar-refractivity contribution is 0.115. The molecule has 144 valence electrons. The number of halogens is 1. The molecule has 1 saturated heterocycles. The number of anilines is 1. The van der Waals surface area contributed by atoms with Gasteiger partial charge in [-0.15, -0.1) is 0 Å². The number of likely N-dealkylation sites (N-methyl/N-ethyl adjacent to an activating group) is 1. The maximum Gasteiger partial charge on any atom is 0.247 e. The molecular formula is C18H21FN4O3S. The second-order valence-electron chi connectivity index (χ2n) is 6.64. The van der Waals surface area contributed by atoms with Crippen molar-refractivity contribution in [3.63, 3.8) is 0 Å². The van der Waals surface area contributed by atoms with Gasteiger partial charge in [-0.1, -0.05) is 19.1 Å². The van der Waals surface area contributed by atoms with Crippen molar-refractivity contribution in [2.75, 3.05) is 24.5 Å². The molecule has 0 bridgehead atoms.